The molecule has 4 aliphatic rings. The Morgan fingerprint density at radius 2 is 1.81 bits per heavy atom. The van der Waals surface area contributed by atoms with Crippen LogP contribution in [-0.2, 0) is 10.9 Å². The maximum Gasteiger partial charge on any atom is 0.418 e. The van der Waals surface area contributed by atoms with Crippen LogP contribution in [0.3, 0.4) is 0 Å². The van der Waals surface area contributed by atoms with Gasteiger partial charge in [-0.2, -0.15) is 23.1 Å². The van der Waals surface area contributed by atoms with E-state index in [1.807, 2.05) is 4.90 Å². The maximum absolute atomic E-state index is 13.8. The number of aromatic nitrogens is 3. The number of hydrogen-bond acceptors (Lipinski definition) is 9. The van der Waals surface area contributed by atoms with Gasteiger partial charge in [0.1, 0.15) is 24.7 Å². The molecule has 2 aromatic heterocycles. The molecule has 0 unspecified atom stereocenters. The van der Waals surface area contributed by atoms with E-state index in [1.54, 1.807) is 12.1 Å². The number of nitrogens with zero attached hydrogens (tertiary/aromatic N) is 4. The van der Waals surface area contributed by atoms with Gasteiger partial charge >= 0.3 is 6.18 Å². The summed E-state index contributed by atoms with van der Waals surface area (Å²) in [7, 11) is 0. The highest BCUT2D eigenvalue weighted by Crippen LogP contribution is 2.43. The first kappa shape index (κ1) is 27.1. The number of carbonyl (C=O) groups is 1. The molecule has 1 amide bonds. The van der Waals surface area contributed by atoms with Crippen LogP contribution in [0.25, 0.3) is 11.0 Å². The van der Waals surface area contributed by atoms with E-state index in [1.165, 1.54) is 0 Å². The van der Waals surface area contributed by atoms with E-state index in [9.17, 15) is 18.0 Å². The zero-order valence-electron chi connectivity index (χ0n) is 22.9. The molecule has 7 rings (SSSR count). The van der Waals surface area contributed by atoms with E-state index in [0.717, 1.165) is 51.8 Å². The van der Waals surface area contributed by atoms with Crippen molar-refractivity contribution in [2.75, 3.05) is 69.8 Å². The minimum atomic E-state index is -4.56. The highest BCUT2D eigenvalue weighted by molar-refractivity contribution is 5.99. The number of ether oxygens (including phenoxy) is 3. The molecule has 3 fully saturated rings. The molecule has 0 radical (unpaired) electrons. The molecule has 2 saturated heterocycles. The van der Waals surface area contributed by atoms with E-state index in [2.05, 4.69) is 30.5 Å². The highest BCUT2D eigenvalue weighted by atomic mass is 19.4. The third kappa shape index (κ3) is 5.06. The summed E-state index contributed by atoms with van der Waals surface area (Å²) in [5, 5.41) is 6.12. The summed E-state index contributed by atoms with van der Waals surface area (Å²) >= 11 is 0. The summed E-state index contributed by atoms with van der Waals surface area (Å²) in [5.74, 6) is 1.12. The van der Waals surface area contributed by atoms with Gasteiger partial charge in [-0.05, 0) is 30.9 Å². The molecule has 1 aromatic carbocycles. The Morgan fingerprint density at radius 1 is 1.05 bits per heavy atom. The maximum atomic E-state index is 13.8. The second-order valence-corrected chi connectivity index (χ2v) is 11.2. The summed E-state index contributed by atoms with van der Waals surface area (Å²) in [6, 6.07) is 3.79. The number of H-pyrrole nitrogens is 1. The lowest BCUT2D eigenvalue weighted by atomic mass is 9.85. The van der Waals surface area contributed by atoms with Gasteiger partial charge in [0.2, 0.25) is 5.95 Å². The quantitative estimate of drug-likeness (QED) is 0.379. The van der Waals surface area contributed by atoms with Gasteiger partial charge in [0.05, 0.1) is 41.5 Å². The molecular formula is C28H32F3N7O4. The average molecular weight is 588 g/mol. The average Bonchev–Trinajstić information content (AvgIpc) is 3.37. The van der Waals surface area contributed by atoms with Gasteiger partial charge in [-0.3, -0.25) is 9.69 Å². The molecule has 3 aromatic rings. The van der Waals surface area contributed by atoms with Crippen LogP contribution in [-0.4, -0.2) is 95.9 Å². The Balaban J connectivity index is 1.16. The molecule has 0 spiro atoms. The number of nitrogens with one attached hydrogen (secondary N) is 3. The van der Waals surface area contributed by atoms with E-state index < -0.39 is 11.7 Å². The zero-order valence-corrected chi connectivity index (χ0v) is 22.9. The summed E-state index contributed by atoms with van der Waals surface area (Å²) in [5.41, 5.74) is 0.0809. The van der Waals surface area contributed by atoms with Crippen LogP contribution in [0.15, 0.2) is 18.3 Å². The van der Waals surface area contributed by atoms with Crippen LogP contribution in [0, 0.1) is 5.92 Å². The lowest BCUT2D eigenvalue weighted by Crippen LogP contribution is -2.57. The van der Waals surface area contributed by atoms with Crippen molar-refractivity contribution in [3.63, 3.8) is 0 Å². The summed E-state index contributed by atoms with van der Waals surface area (Å²) < 4.78 is 58.5. The van der Waals surface area contributed by atoms with Crippen molar-refractivity contribution < 1.29 is 32.2 Å². The van der Waals surface area contributed by atoms with E-state index in [0.29, 0.717) is 54.3 Å². The van der Waals surface area contributed by atoms with Crippen molar-refractivity contribution in [2.24, 2.45) is 5.92 Å². The molecule has 3 N–H and O–H groups in total. The molecular weight excluding hydrogens is 555 g/mol. The number of anilines is 3. The Bertz CT molecular complexity index is 1480. The highest BCUT2D eigenvalue weighted by Gasteiger charge is 2.36. The third-order valence-corrected chi connectivity index (χ3v) is 8.52. The normalized spacial score (nSPS) is 19.8. The molecule has 5 heterocycles. The van der Waals surface area contributed by atoms with Crippen LogP contribution in [0.2, 0.25) is 0 Å². The fourth-order valence-electron chi connectivity index (χ4n) is 5.80. The second kappa shape index (κ2) is 10.8. The SMILES string of the molecule is O=C(c1ccc(Nc2nc(NCC3CCC3)c3c(C(F)(F)F)c[nH]c3n2)c2c1OCCO2)N1CCN(C2COC2)CC1. The molecule has 3 aliphatic heterocycles. The van der Waals surface area contributed by atoms with Gasteiger partial charge in [0, 0.05) is 38.9 Å². The monoisotopic (exact) mass is 587 g/mol. The van der Waals surface area contributed by atoms with Crippen molar-refractivity contribution in [3.8, 4) is 11.5 Å². The second-order valence-electron chi connectivity index (χ2n) is 11.2. The molecule has 1 aliphatic carbocycles. The predicted octanol–water partition coefficient (Wildman–Crippen LogP) is 3.86. The standard InChI is InChI=1S/C28H32F3N7O4/c29-28(30,31)19-13-33-25-21(19)24(32-12-16-2-1-3-16)35-27(36-25)34-20-5-4-18(22-23(20)42-11-10-41-22)26(39)38-8-6-37(7-9-38)17-14-40-15-17/h4-5,13,16-17H,1-3,6-12,14-15H2,(H3,32,33,34,35,36). The number of halogens is 3. The summed E-state index contributed by atoms with van der Waals surface area (Å²) in [6.07, 6.45) is -0.463. The minimum absolute atomic E-state index is 0.0568. The van der Waals surface area contributed by atoms with Gasteiger partial charge < -0.3 is 34.7 Å². The number of piperazine rings is 1. The third-order valence-electron chi connectivity index (χ3n) is 8.52. The number of fused-ring (bicyclic) bond motifs is 2. The number of alkyl halides is 3. The Hall–Kier alpha value is -3.78. The minimum Gasteiger partial charge on any atom is -0.485 e. The first-order valence-corrected chi connectivity index (χ1v) is 14.4. The van der Waals surface area contributed by atoms with Crippen molar-refractivity contribution in [1.82, 2.24) is 24.8 Å². The lowest BCUT2D eigenvalue weighted by Gasteiger charge is -2.42. The molecule has 0 bridgehead atoms. The van der Waals surface area contributed by atoms with Crippen LogP contribution < -0.4 is 20.1 Å². The smallest absolute Gasteiger partial charge is 0.418 e. The Kier molecular flexibility index (Phi) is 6.97. The largest absolute Gasteiger partial charge is 0.485 e. The number of carbonyl (C=O) groups excluding carboxylic acids is 1. The molecule has 14 heteroatoms. The fourth-order valence-corrected chi connectivity index (χ4v) is 5.80. The summed E-state index contributed by atoms with van der Waals surface area (Å²) in [4.78, 5) is 29.1. The van der Waals surface area contributed by atoms with Crippen LogP contribution in [0.1, 0.15) is 35.2 Å². The molecule has 11 nitrogen and oxygen atoms in total. The molecule has 224 valence electrons. The summed E-state index contributed by atoms with van der Waals surface area (Å²) in [6.45, 7) is 5.34. The van der Waals surface area contributed by atoms with Crippen molar-refractivity contribution in [3.05, 3.63) is 29.5 Å². The van der Waals surface area contributed by atoms with Crippen molar-refractivity contribution in [2.45, 2.75) is 31.5 Å². The van der Waals surface area contributed by atoms with Crippen LogP contribution in [0.4, 0.5) is 30.6 Å². The van der Waals surface area contributed by atoms with Gasteiger partial charge in [-0.25, -0.2) is 0 Å². The predicted molar refractivity (Wildman–Crippen MR) is 148 cm³/mol. The molecule has 42 heavy (non-hydrogen) atoms. The Labute approximate surface area is 239 Å². The van der Waals surface area contributed by atoms with Crippen molar-refractivity contribution in [1.29, 1.82) is 0 Å². The van der Waals surface area contributed by atoms with Crippen LogP contribution >= 0.6 is 0 Å². The molecule has 1 saturated carbocycles. The zero-order chi connectivity index (χ0) is 28.8. The number of hydrogen-bond donors (Lipinski definition) is 3. The lowest BCUT2D eigenvalue weighted by molar-refractivity contribution is -0.136. The number of benzene rings is 1. The van der Waals surface area contributed by atoms with Gasteiger partial charge in [-0.1, -0.05) is 6.42 Å². The van der Waals surface area contributed by atoms with Crippen molar-refractivity contribution >= 4 is 34.4 Å². The fraction of sp³-hybridized carbons (Fsp3) is 0.536. The first-order chi connectivity index (χ1) is 20.3. The van der Waals surface area contributed by atoms with Gasteiger partial charge in [0.25, 0.3) is 5.91 Å². The first-order valence-electron chi connectivity index (χ1n) is 14.4. The van der Waals surface area contributed by atoms with E-state index in [-0.39, 0.29) is 41.9 Å². The number of amides is 1. The number of rotatable bonds is 7. The van der Waals surface area contributed by atoms with Gasteiger partial charge in [-0.15, -0.1) is 0 Å². The van der Waals surface area contributed by atoms with Gasteiger partial charge in [0.15, 0.2) is 11.5 Å². The topological polar surface area (TPSA) is 117 Å². The van der Waals surface area contributed by atoms with Crippen LogP contribution in [0.5, 0.6) is 11.5 Å². The number of aromatic amines is 1. The Morgan fingerprint density at radius 3 is 2.48 bits per heavy atom. The van der Waals surface area contributed by atoms with E-state index >= 15 is 0 Å². The molecule has 0 atom stereocenters. The van der Waals surface area contributed by atoms with E-state index in [4.69, 9.17) is 14.2 Å².